The molecule has 1 rings (SSSR count). The lowest BCUT2D eigenvalue weighted by molar-refractivity contribution is -0.147. The van der Waals surface area contributed by atoms with E-state index in [0.29, 0.717) is 30.9 Å². The van der Waals surface area contributed by atoms with Crippen molar-refractivity contribution in [1.29, 1.82) is 0 Å². The third-order valence-electron chi connectivity index (χ3n) is 3.32. The van der Waals surface area contributed by atoms with Crippen molar-refractivity contribution in [2.75, 3.05) is 19.7 Å². The number of ether oxygens (including phenoxy) is 2. The van der Waals surface area contributed by atoms with Crippen LogP contribution in [0, 0.1) is 0 Å². The van der Waals surface area contributed by atoms with Crippen LogP contribution in [0.1, 0.15) is 50.4 Å². The van der Waals surface area contributed by atoms with Gasteiger partial charge < -0.3 is 20.1 Å². The van der Waals surface area contributed by atoms with E-state index in [4.69, 9.17) is 9.47 Å². The standard InChI is InChI=1S/C19H28N2O5/c1-4-25-16-9-6-5-8-15(16)19(24)21-12-7-10-17(22)20-13-11-18(23)26-14(2)3/h5-6,8-9,14H,4,7,10-13H2,1-3H3,(H,20,22)(H,21,24). The highest BCUT2D eigenvalue weighted by atomic mass is 16.5. The van der Waals surface area contributed by atoms with Gasteiger partial charge in [0.2, 0.25) is 5.91 Å². The second-order valence-electron chi connectivity index (χ2n) is 5.93. The molecule has 0 aliphatic heterocycles. The first-order valence-corrected chi connectivity index (χ1v) is 8.90. The molecule has 7 heteroatoms. The molecule has 0 aliphatic rings. The number of amides is 2. The van der Waals surface area contributed by atoms with Gasteiger partial charge in [-0.1, -0.05) is 12.1 Å². The summed E-state index contributed by atoms with van der Waals surface area (Å²) < 4.78 is 10.4. The molecule has 0 unspecified atom stereocenters. The molecule has 0 aliphatic carbocycles. The first-order chi connectivity index (χ1) is 12.4. The third kappa shape index (κ3) is 8.50. The number of benzene rings is 1. The van der Waals surface area contributed by atoms with Gasteiger partial charge in [0.25, 0.3) is 5.91 Å². The molecular weight excluding hydrogens is 336 g/mol. The van der Waals surface area contributed by atoms with E-state index in [0.717, 1.165) is 0 Å². The van der Waals surface area contributed by atoms with Gasteiger partial charge >= 0.3 is 5.97 Å². The molecule has 0 bridgehead atoms. The van der Waals surface area contributed by atoms with Crippen molar-refractivity contribution < 1.29 is 23.9 Å². The summed E-state index contributed by atoms with van der Waals surface area (Å²) in [6.07, 6.45) is 0.765. The largest absolute Gasteiger partial charge is 0.493 e. The second-order valence-corrected chi connectivity index (χ2v) is 5.93. The van der Waals surface area contributed by atoms with Crippen molar-refractivity contribution in [3.8, 4) is 5.75 Å². The number of para-hydroxylation sites is 1. The Morgan fingerprint density at radius 2 is 1.77 bits per heavy atom. The smallest absolute Gasteiger partial charge is 0.307 e. The van der Waals surface area contributed by atoms with E-state index < -0.39 is 0 Å². The van der Waals surface area contributed by atoms with Gasteiger partial charge in [0.1, 0.15) is 5.75 Å². The molecule has 0 atom stereocenters. The summed E-state index contributed by atoms with van der Waals surface area (Å²) in [5.74, 6) is -0.184. The molecule has 2 amide bonds. The van der Waals surface area contributed by atoms with Crippen LogP contribution in [0.15, 0.2) is 24.3 Å². The number of carbonyl (C=O) groups is 3. The van der Waals surface area contributed by atoms with Crippen LogP contribution >= 0.6 is 0 Å². The summed E-state index contributed by atoms with van der Waals surface area (Å²) in [5, 5.41) is 5.44. The van der Waals surface area contributed by atoms with Gasteiger partial charge in [-0.05, 0) is 39.3 Å². The lowest BCUT2D eigenvalue weighted by Crippen LogP contribution is -2.29. The third-order valence-corrected chi connectivity index (χ3v) is 3.32. The number of nitrogens with one attached hydrogen (secondary N) is 2. The van der Waals surface area contributed by atoms with Crippen LogP contribution in [-0.4, -0.2) is 43.6 Å². The van der Waals surface area contributed by atoms with Gasteiger partial charge in [-0.3, -0.25) is 14.4 Å². The Bertz CT molecular complexity index is 601. The Kier molecular flexibility index (Phi) is 9.82. The molecule has 144 valence electrons. The van der Waals surface area contributed by atoms with Gasteiger partial charge in [0.15, 0.2) is 0 Å². The average molecular weight is 364 g/mol. The second kappa shape index (κ2) is 11.9. The van der Waals surface area contributed by atoms with Crippen LogP contribution in [0.4, 0.5) is 0 Å². The number of hydrogen-bond donors (Lipinski definition) is 2. The fourth-order valence-electron chi connectivity index (χ4n) is 2.20. The molecule has 2 N–H and O–H groups in total. The molecule has 0 radical (unpaired) electrons. The van der Waals surface area contributed by atoms with Crippen LogP contribution < -0.4 is 15.4 Å². The van der Waals surface area contributed by atoms with Crippen LogP contribution in [0.2, 0.25) is 0 Å². The highest BCUT2D eigenvalue weighted by Gasteiger charge is 2.11. The molecule has 0 spiro atoms. The Balaban J connectivity index is 2.22. The molecule has 0 aromatic heterocycles. The topological polar surface area (TPSA) is 93.7 Å². The first kappa shape index (κ1) is 21.5. The highest BCUT2D eigenvalue weighted by molar-refractivity contribution is 5.96. The molecule has 0 saturated heterocycles. The Morgan fingerprint density at radius 3 is 2.46 bits per heavy atom. The fraction of sp³-hybridized carbons (Fsp3) is 0.526. The van der Waals surface area contributed by atoms with Gasteiger partial charge in [-0.2, -0.15) is 0 Å². The van der Waals surface area contributed by atoms with E-state index in [-0.39, 0.29) is 43.3 Å². The van der Waals surface area contributed by atoms with Crippen molar-refractivity contribution in [2.24, 2.45) is 0 Å². The van der Waals surface area contributed by atoms with E-state index in [9.17, 15) is 14.4 Å². The molecular formula is C19H28N2O5. The molecule has 7 nitrogen and oxygen atoms in total. The van der Waals surface area contributed by atoms with Gasteiger partial charge in [-0.15, -0.1) is 0 Å². The average Bonchev–Trinajstić information content (AvgIpc) is 2.58. The summed E-state index contributed by atoms with van der Waals surface area (Å²) in [6, 6.07) is 7.03. The van der Waals surface area contributed by atoms with Crippen LogP contribution in [0.5, 0.6) is 5.75 Å². The monoisotopic (exact) mass is 364 g/mol. The maximum absolute atomic E-state index is 12.2. The molecule has 0 fully saturated rings. The van der Waals surface area contributed by atoms with Crippen molar-refractivity contribution in [2.45, 2.75) is 46.1 Å². The van der Waals surface area contributed by atoms with E-state index in [1.165, 1.54) is 0 Å². The summed E-state index contributed by atoms with van der Waals surface area (Å²) in [4.78, 5) is 35.2. The minimum atomic E-state index is -0.333. The van der Waals surface area contributed by atoms with E-state index >= 15 is 0 Å². The molecule has 1 aromatic carbocycles. The predicted molar refractivity (Wildman–Crippen MR) is 98.0 cm³/mol. The summed E-state index contributed by atoms with van der Waals surface area (Å²) in [6.45, 7) is 6.51. The summed E-state index contributed by atoms with van der Waals surface area (Å²) >= 11 is 0. The Hall–Kier alpha value is -2.57. The molecule has 0 saturated carbocycles. The molecule has 1 aromatic rings. The zero-order valence-electron chi connectivity index (χ0n) is 15.7. The lowest BCUT2D eigenvalue weighted by Gasteiger charge is -2.10. The first-order valence-electron chi connectivity index (χ1n) is 8.90. The number of rotatable bonds is 11. The van der Waals surface area contributed by atoms with E-state index in [2.05, 4.69) is 10.6 Å². The van der Waals surface area contributed by atoms with Gasteiger partial charge in [0, 0.05) is 19.5 Å². The maximum Gasteiger partial charge on any atom is 0.307 e. The molecule has 26 heavy (non-hydrogen) atoms. The van der Waals surface area contributed by atoms with Gasteiger partial charge in [0.05, 0.1) is 24.7 Å². The van der Waals surface area contributed by atoms with E-state index in [1.807, 2.05) is 13.0 Å². The molecule has 0 heterocycles. The lowest BCUT2D eigenvalue weighted by atomic mass is 10.2. The number of hydrogen-bond acceptors (Lipinski definition) is 5. The zero-order valence-corrected chi connectivity index (χ0v) is 15.7. The highest BCUT2D eigenvalue weighted by Crippen LogP contribution is 2.17. The fourth-order valence-corrected chi connectivity index (χ4v) is 2.20. The maximum atomic E-state index is 12.2. The van der Waals surface area contributed by atoms with Crippen LogP contribution in [0.3, 0.4) is 0 Å². The number of esters is 1. The van der Waals surface area contributed by atoms with Crippen molar-refractivity contribution in [1.82, 2.24) is 10.6 Å². The summed E-state index contributed by atoms with van der Waals surface area (Å²) in [7, 11) is 0. The predicted octanol–water partition coefficient (Wildman–Crippen LogP) is 2.05. The van der Waals surface area contributed by atoms with Crippen molar-refractivity contribution in [3.05, 3.63) is 29.8 Å². The van der Waals surface area contributed by atoms with Crippen molar-refractivity contribution >= 4 is 17.8 Å². The zero-order chi connectivity index (χ0) is 19.4. The normalized spacial score (nSPS) is 10.3. The van der Waals surface area contributed by atoms with Crippen molar-refractivity contribution in [3.63, 3.8) is 0 Å². The minimum Gasteiger partial charge on any atom is -0.493 e. The van der Waals surface area contributed by atoms with E-state index in [1.54, 1.807) is 32.0 Å². The van der Waals surface area contributed by atoms with Crippen LogP contribution in [-0.2, 0) is 14.3 Å². The Labute approximate surface area is 154 Å². The Morgan fingerprint density at radius 1 is 1.04 bits per heavy atom. The SMILES string of the molecule is CCOc1ccccc1C(=O)NCCCC(=O)NCCC(=O)OC(C)C. The summed E-state index contributed by atoms with van der Waals surface area (Å²) in [5.41, 5.74) is 0.475. The minimum absolute atomic E-state index is 0.148. The quantitative estimate of drug-likeness (QED) is 0.463. The van der Waals surface area contributed by atoms with Crippen LogP contribution in [0.25, 0.3) is 0 Å². The van der Waals surface area contributed by atoms with Gasteiger partial charge in [-0.25, -0.2) is 0 Å². The number of carbonyl (C=O) groups excluding carboxylic acids is 3.